The van der Waals surface area contributed by atoms with Gasteiger partial charge in [0.25, 0.3) is 5.56 Å². The first kappa shape index (κ1) is 22.6. The highest BCUT2D eigenvalue weighted by Crippen LogP contribution is 2.23. The Labute approximate surface area is 190 Å². The number of aromatic nitrogens is 2. The van der Waals surface area contributed by atoms with Gasteiger partial charge < -0.3 is 9.32 Å². The summed E-state index contributed by atoms with van der Waals surface area (Å²) < 4.78 is 30.7. The Bertz CT molecular complexity index is 1270. The molecule has 1 aliphatic heterocycles. The zero-order valence-electron chi connectivity index (χ0n) is 17.8. The van der Waals surface area contributed by atoms with Crippen molar-refractivity contribution < 1.29 is 17.6 Å². The predicted molar refractivity (Wildman–Crippen MR) is 124 cm³/mol. The van der Waals surface area contributed by atoms with Gasteiger partial charge in [-0.1, -0.05) is 30.8 Å². The van der Waals surface area contributed by atoms with Gasteiger partial charge in [-0.15, -0.1) is 0 Å². The van der Waals surface area contributed by atoms with Gasteiger partial charge in [0.2, 0.25) is 5.91 Å². The summed E-state index contributed by atoms with van der Waals surface area (Å²) in [5.41, 5.74) is 0.365. The third-order valence-corrected chi connectivity index (χ3v) is 8.19. The molecule has 1 fully saturated rings. The lowest BCUT2D eigenvalue weighted by atomic mass is 10.2. The molecule has 10 heteroatoms. The number of benzene rings is 1. The van der Waals surface area contributed by atoms with Crippen LogP contribution in [-0.2, 0) is 21.2 Å². The van der Waals surface area contributed by atoms with Crippen molar-refractivity contribution in [3.8, 4) is 0 Å². The molecule has 170 valence electrons. The Morgan fingerprint density at radius 1 is 1.28 bits per heavy atom. The fourth-order valence-corrected chi connectivity index (χ4v) is 6.55. The number of carbonyl (C=O) groups excluding carboxylic acids is 1. The lowest BCUT2D eigenvalue weighted by Gasteiger charge is -2.28. The van der Waals surface area contributed by atoms with Gasteiger partial charge in [-0.2, -0.15) is 0 Å². The molecule has 1 atom stereocenters. The van der Waals surface area contributed by atoms with Crippen LogP contribution in [-0.4, -0.2) is 58.6 Å². The van der Waals surface area contributed by atoms with Crippen LogP contribution in [0.2, 0.25) is 0 Å². The maximum Gasteiger partial charge on any atom is 0.262 e. The first-order chi connectivity index (χ1) is 15.4. The molecule has 0 N–H and O–H groups in total. The molecule has 8 nitrogen and oxygen atoms in total. The molecule has 1 aromatic carbocycles. The molecular weight excluding hydrogens is 450 g/mol. The van der Waals surface area contributed by atoms with Crippen LogP contribution in [0.15, 0.2) is 57.0 Å². The highest BCUT2D eigenvalue weighted by molar-refractivity contribution is 7.99. The van der Waals surface area contributed by atoms with E-state index in [4.69, 9.17) is 4.42 Å². The zero-order chi connectivity index (χ0) is 22.7. The van der Waals surface area contributed by atoms with E-state index in [-0.39, 0.29) is 41.3 Å². The van der Waals surface area contributed by atoms with E-state index in [1.165, 1.54) is 16.3 Å². The fourth-order valence-electron chi connectivity index (χ4n) is 3.94. The number of para-hydroxylation sites is 1. The summed E-state index contributed by atoms with van der Waals surface area (Å²) in [6, 6.07) is 10.3. The molecule has 1 aliphatic rings. The van der Waals surface area contributed by atoms with Gasteiger partial charge in [-0.25, -0.2) is 13.4 Å². The molecule has 0 radical (unpaired) electrons. The van der Waals surface area contributed by atoms with Crippen molar-refractivity contribution in [1.29, 1.82) is 0 Å². The molecular formula is C22H25N3O5S2. The van der Waals surface area contributed by atoms with Gasteiger partial charge >= 0.3 is 0 Å². The standard InChI is InChI=1S/C22H25N3O5S2/c1-2-10-24(16-9-12-32(28,29)15-16)20(26)14-31-22-23-19-8-4-3-7-18(19)21(27)25(22)13-17-6-5-11-30-17/h3-8,11,16H,2,9-10,12-15H2,1H3/t16-/m0/s1. The van der Waals surface area contributed by atoms with Gasteiger partial charge in [-0.05, 0) is 37.1 Å². The van der Waals surface area contributed by atoms with Crippen molar-refractivity contribution in [2.45, 2.75) is 37.5 Å². The van der Waals surface area contributed by atoms with Crippen LogP contribution in [0.3, 0.4) is 0 Å². The summed E-state index contributed by atoms with van der Waals surface area (Å²) in [6.45, 7) is 2.67. The quantitative estimate of drug-likeness (QED) is 0.364. The van der Waals surface area contributed by atoms with Crippen molar-refractivity contribution in [3.05, 3.63) is 58.8 Å². The lowest BCUT2D eigenvalue weighted by molar-refractivity contribution is -0.130. The van der Waals surface area contributed by atoms with Crippen LogP contribution in [0, 0.1) is 0 Å². The number of hydrogen-bond acceptors (Lipinski definition) is 7. The number of sulfone groups is 1. The van der Waals surface area contributed by atoms with E-state index in [2.05, 4.69) is 4.98 Å². The van der Waals surface area contributed by atoms with Crippen LogP contribution in [0.1, 0.15) is 25.5 Å². The number of fused-ring (bicyclic) bond motifs is 1. The molecule has 0 bridgehead atoms. The maximum atomic E-state index is 13.1. The van der Waals surface area contributed by atoms with Crippen LogP contribution >= 0.6 is 11.8 Å². The molecule has 32 heavy (non-hydrogen) atoms. The largest absolute Gasteiger partial charge is 0.467 e. The van der Waals surface area contributed by atoms with Crippen molar-refractivity contribution in [2.75, 3.05) is 23.8 Å². The van der Waals surface area contributed by atoms with E-state index in [1.54, 1.807) is 41.5 Å². The molecule has 3 aromatic rings. The summed E-state index contributed by atoms with van der Waals surface area (Å²) in [5, 5.41) is 0.924. The van der Waals surface area contributed by atoms with E-state index in [0.717, 1.165) is 6.42 Å². The second kappa shape index (κ2) is 9.50. The van der Waals surface area contributed by atoms with Crippen molar-refractivity contribution >= 4 is 38.4 Å². The Kier molecular flexibility index (Phi) is 6.71. The van der Waals surface area contributed by atoms with E-state index >= 15 is 0 Å². The molecule has 0 spiro atoms. The minimum atomic E-state index is -3.09. The van der Waals surface area contributed by atoms with E-state index in [9.17, 15) is 18.0 Å². The molecule has 4 rings (SSSR count). The summed E-state index contributed by atoms with van der Waals surface area (Å²) in [4.78, 5) is 32.5. The van der Waals surface area contributed by atoms with Crippen molar-refractivity contribution in [2.24, 2.45) is 0 Å². The third-order valence-electron chi connectivity index (χ3n) is 5.48. The van der Waals surface area contributed by atoms with Gasteiger partial charge in [0.15, 0.2) is 15.0 Å². The smallest absolute Gasteiger partial charge is 0.262 e. The average molecular weight is 476 g/mol. The lowest BCUT2D eigenvalue weighted by Crippen LogP contribution is -2.42. The number of rotatable bonds is 8. The van der Waals surface area contributed by atoms with Crippen LogP contribution < -0.4 is 5.56 Å². The van der Waals surface area contributed by atoms with Crippen LogP contribution in [0.5, 0.6) is 0 Å². The topological polar surface area (TPSA) is 102 Å². The second-order valence-electron chi connectivity index (χ2n) is 7.81. The van der Waals surface area contributed by atoms with Crippen molar-refractivity contribution in [1.82, 2.24) is 14.5 Å². The summed E-state index contributed by atoms with van der Waals surface area (Å²) >= 11 is 1.19. The number of hydrogen-bond donors (Lipinski definition) is 0. The normalized spacial score (nSPS) is 17.6. The maximum absolute atomic E-state index is 13.1. The third kappa shape index (κ3) is 4.91. The number of nitrogens with zero attached hydrogens (tertiary/aromatic N) is 3. The Morgan fingerprint density at radius 2 is 2.09 bits per heavy atom. The van der Waals surface area contributed by atoms with E-state index in [0.29, 0.717) is 34.8 Å². The Morgan fingerprint density at radius 3 is 2.78 bits per heavy atom. The predicted octanol–water partition coefficient (Wildman–Crippen LogP) is 2.56. The van der Waals surface area contributed by atoms with Gasteiger partial charge in [0, 0.05) is 12.6 Å². The highest BCUT2D eigenvalue weighted by Gasteiger charge is 2.34. The van der Waals surface area contributed by atoms with Crippen LogP contribution in [0.25, 0.3) is 10.9 Å². The molecule has 1 amide bonds. The molecule has 0 unspecified atom stereocenters. The fraction of sp³-hybridized carbons (Fsp3) is 0.409. The van der Waals surface area contributed by atoms with Crippen molar-refractivity contribution in [3.63, 3.8) is 0 Å². The highest BCUT2D eigenvalue weighted by atomic mass is 32.2. The average Bonchev–Trinajstić information content (AvgIpc) is 3.41. The number of thioether (sulfide) groups is 1. The first-order valence-corrected chi connectivity index (χ1v) is 13.3. The number of amides is 1. The Hall–Kier alpha value is -2.59. The Balaban J connectivity index is 1.60. The summed E-state index contributed by atoms with van der Waals surface area (Å²) in [5.74, 6) is 0.667. The molecule has 0 aliphatic carbocycles. The zero-order valence-corrected chi connectivity index (χ0v) is 19.4. The monoisotopic (exact) mass is 475 g/mol. The molecule has 2 aromatic heterocycles. The van der Waals surface area contributed by atoms with Gasteiger partial charge in [0.05, 0.1) is 41.0 Å². The minimum Gasteiger partial charge on any atom is -0.467 e. The SMILES string of the molecule is CCCN(C(=O)CSc1nc2ccccc2c(=O)n1Cc1ccco1)[C@H]1CCS(=O)(=O)C1. The van der Waals surface area contributed by atoms with Gasteiger partial charge in [-0.3, -0.25) is 14.2 Å². The van der Waals surface area contributed by atoms with E-state index < -0.39 is 9.84 Å². The number of carbonyl (C=O) groups is 1. The first-order valence-electron chi connectivity index (χ1n) is 10.5. The summed E-state index contributed by atoms with van der Waals surface area (Å²) in [6.07, 6.45) is 2.75. The minimum absolute atomic E-state index is 0.0147. The van der Waals surface area contributed by atoms with E-state index in [1.807, 2.05) is 13.0 Å². The molecule has 1 saturated heterocycles. The van der Waals surface area contributed by atoms with Gasteiger partial charge in [0.1, 0.15) is 5.76 Å². The second-order valence-corrected chi connectivity index (χ2v) is 11.0. The molecule has 3 heterocycles. The number of furan rings is 1. The van der Waals surface area contributed by atoms with Crippen LogP contribution in [0.4, 0.5) is 0 Å². The molecule has 0 saturated carbocycles. The summed E-state index contributed by atoms with van der Waals surface area (Å²) in [7, 11) is -3.09.